The minimum absolute atomic E-state index is 0.365. The number of aliphatic carboxylic acids is 1. The fourth-order valence-electron chi connectivity index (χ4n) is 4.19. The van der Waals surface area contributed by atoms with E-state index in [1.165, 1.54) is 6.07 Å². The van der Waals surface area contributed by atoms with Crippen LogP contribution in [0.3, 0.4) is 0 Å². The molecule has 1 aliphatic heterocycles. The fraction of sp³-hybridized carbons (Fsp3) is 0.458. The van der Waals surface area contributed by atoms with Gasteiger partial charge >= 0.3 is 12.1 Å². The van der Waals surface area contributed by atoms with Crippen molar-refractivity contribution in [1.29, 1.82) is 0 Å². The number of carboxylic acids is 1. The molecule has 0 saturated carbocycles. The van der Waals surface area contributed by atoms with Crippen molar-refractivity contribution in [2.45, 2.75) is 38.9 Å². The molecule has 0 amide bonds. The Labute approximate surface area is 196 Å². The SMILES string of the molecule is CCOc1ccc(C(c2ccc(Cl)c(C(F)(F)F)c2)N2CCC(C(=O)O)CC2)cc1OCC. The van der Waals surface area contributed by atoms with Crippen LogP contribution in [0.1, 0.15) is 49.4 Å². The number of halogens is 4. The van der Waals surface area contributed by atoms with Gasteiger partial charge in [0.2, 0.25) is 0 Å². The number of nitrogens with zero attached hydrogens (tertiary/aromatic N) is 1. The molecule has 1 saturated heterocycles. The first kappa shape index (κ1) is 25.2. The Morgan fingerprint density at radius 2 is 1.64 bits per heavy atom. The first-order valence-electron chi connectivity index (χ1n) is 10.9. The zero-order chi connectivity index (χ0) is 24.2. The van der Waals surface area contributed by atoms with E-state index in [0.29, 0.717) is 56.2 Å². The molecule has 0 spiro atoms. The van der Waals surface area contributed by atoms with Crippen molar-refractivity contribution in [3.8, 4) is 11.5 Å². The number of alkyl halides is 3. The number of hydrogen-bond acceptors (Lipinski definition) is 4. The maximum absolute atomic E-state index is 13.6. The van der Waals surface area contributed by atoms with Crippen LogP contribution in [0.25, 0.3) is 0 Å². The zero-order valence-corrected chi connectivity index (χ0v) is 19.2. The van der Waals surface area contributed by atoms with Crippen molar-refractivity contribution < 1.29 is 32.5 Å². The number of benzene rings is 2. The summed E-state index contributed by atoms with van der Waals surface area (Å²) in [7, 11) is 0. The number of ether oxygens (including phenoxy) is 2. The van der Waals surface area contributed by atoms with Crippen LogP contribution in [0.2, 0.25) is 5.02 Å². The van der Waals surface area contributed by atoms with E-state index in [4.69, 9.17) is 21.1 Å². The van der Waals surface area contributed by atoms with Crippen molar-refractivity contribution in [2.24, 2.45) is 5.92 Å². The van der Waals surface area contributed by atoms with Gasteiger partial charge in [0, 0.05) is 0 Å². The molecule has 1 unspecified atom stereocenters. The highest BCUT2D eigenvalue weighted by molar-refractivity contribution is 6.31. The summed E-state index contributed by atoms with van der Waals surface area (Å²) in [5.74, 6) is -0.250. The van der Waals surface area contributed by atoms with Gasteiger partial charge < -0.3 is 14.6 Å². The highest BCUT2D eigenvalue weighted by Gasteiger charge is 2.36. The summed E-state index contributed by atoms with van der Waals surface area (Å²) < 4.78 is 52.1. The van der Waals surface area contributed by atoms with Gasteiger partial charge in [0.25, 0.3) is 0 Å². The minimum Gasteiger partial charge on any atom is -0.490 e. The topological polar surface area (TPSA) is 59.0 Å². The quantitative estimate of drug-likeness (QED) is 0.494. The summed E-state index contributed by atoms with van der Waals surface area (Å²) in [6.07, 6.45) is -3.76. The monoisotopic (exact) mass is 485 g/mol. The molecule has 9 heteroatoms. The molecule has 1 fully saturated rings. The maximum Gasteiger partial charge on any atom is 0.417 e. The number of rotatable bonds is 8. The molecule has 0 aliphatic carbocycles. The van der Waals surface area contributed by atoms with Crippen molar-refractivity contribution in [1.82, 2.24) is 4.90 Å². The third kappa shape index (κ3) is 5.92. The Bertz CT molecular complexity index is 975. The first-order chi connectivity index (χ1) is 15.7. The summed E-state index contributed by atoms with van der Waals surface area (Å²) in [6.45, 7) is 5.40. The van der Waals surface area contributed by atoms with Gasteiger partial charge in [-0.1, -0.05) is 23.7 Å². The van der Waals surface area contributed by atoms with Crippen LogP contribution in [0, 0.1) is 5.92 Å². The molecule has 1 atom stereocenters. The van der Waals surface area contributed by atoms with Gasteiger partial charge in [0.15, 0.2) is 11.5 Å². The molecule has 1 N–H and O–H groups in total. The molecule has 0 radical (unpaired) electrons. The first-order valence-corrected chi connectivity index (χ1v) is 11.3. The molecular formula is C24H27ClF3NO4. The van der Waals surface area contributed by atoms with E-state index in [1.54, 1.807) is 18.2 Å². The minimum atomic E-state index is -4.59. The third-order valence-electron chi connectivity index (χ3n) is 5.74. The standard InChI is InChI=1S/C24H27ClF3NO4/c1-3-32-20-8-6-17(14-21(20)33-4-2)22(29-11-9-15(10-12-29)23(30)31)16-5-7-19(25)18(13-16)24(26,27)28/h5-8,13-15,22H,3-4,9-12H2,1-2H3,(H,30,31). The van der Waals surface area contributed by atoms with Crippen LogP contribution in [0.5, 0.6) is 11.5 Å². The van der Waals surface area contributed by atoms with Gasteiger partial charge in [-0.25, -0.2) is 0 Å². The predicted molar refractivity (Wildman–Crippen MR) is 119 cm³/mol. The smallest absolute Gasteiger partial charge is 0.417 e. The third-order valence-corrected chi connectivity index (χ3v) is 6.07. The van der Waals surface area contributed by atoms with Gasteiger partial charge in [-0.05, 0) is 75.2 Å². The van der Waals surface area contributed by atoms with Crippen molar-refractivity contribution in [3.63, 3.8) is 0 Å². The largest absolute Gasteiger partial charge is 0.490 e. The highest BCUT2D eigenvalue weighted by Crippen LogP contribution is 2.41. The van der Waals surface area contributed by atoms with Gasteiger partial charge in [-0.2, -0.15) is 13.2 Å². The lowest BCUT2D eigenvalue weighted by atomic mass is 9.90. The lowest BCUT2D eigenvalue weighted by molar-refractivity contribution is -0.143. The zero-order valence-electron chi connectivity index (χ0n) is 18.5. The second kappa shape index (κ2) is 10.7. The molecule has 180 valence electrons. The van der Waals surface area contributed by atoms with Crippen LogP contribution in [-0.2, 0) is 11.0 Å². The van der Waals surface area contributed by atoms with E-state index in [-0.39, 0.29) is 5.02 Å². The van der Waals surface area contributed by atoms with Crippen LogP contribution in [0.4, 0.5) is 13.2 Å². The van der Waals surface area contributed by atoms with E-state index in [0.717, 1.165) is 11.6 Å². The summed E-state index contributed by atoms with van der Waals surface area (Å²) in [4.78, 5) is 13.4. The Hall–Kier alpha value is -2.45. The number of piperidine rings is 1. The Morgan fingerprint density at radius 3 is 2.21 bits per heavy atom. The molecular weight excluding hydrogens is 459 g/mol. The normalized spacial score (nSPS) is 16.4. The second-order valence-corrected chi connectivity index (χ2v) is 8.27. The van der Waals surface area contributed by atoms with Crippen LogP contribution in [-0.4, -0.2) is 42.3 Å². The van der Waals surface area contributed by atoms with Crippen molar-refractivity contribution in [2.75, 3.05) is 26.3 Å². The van der Waals surface area contributed by atoms with Crippen LogP contribution < -0.4 is 9.47 Å². The predicted octanol–water partition coefficient (Wildman–Crippen LogP) is 6.04. The number of carbonyl (C=O) groups is 1. The molecule has 1 heterocycles. The van der Waals surface area contributed by atoms with Crippen LogP contribution >= 0.6 is 11.6 Å². The average molecular weight is 486 g/mol. The van der Waals surface area contributed by atoms with E-state index in [9.17, 15) is 23.1 Å². The summed E-state index contributed by atoms with van der Waals surface area (Å²) in [6, 6.07) is 8.73. The number of hydrogen-bond donors (Lipinski definition) is 1. The molecule has 33 heavy (non-hydrogen) atoms. The van der Waals surface area contributed by atoms with Gasteiger partial charge in [-0.15, -0.1) is 0 Å². The highest BCUT2D eigenvalue weighted by atomic mass is 35.5. The molecule has 0 bridgehead atoms. The van der Waals surface area contributed by atoms with E-state index < -0.39 is 29.7 Å². The molecule has 3 rings (SSSR count). The van der Waals surface area contributed by atoms with Crippen molar-refractivity contribution in [3.05, 3.63) is 58.1 Å². The van der Waals surface area contributed by atoms with Crippen LogP contribution in [0.15, 0.2) is 36.4 Å². The molecule has 2 aromatic rings. The lowest BCUT2D eigenvalue weighted by Crippen LogP contribution is -2.39. The maximum atomic E-state index is 13.6. The second-order valence-electron chi connectivity index (χ2n) is 7.86. The number of carboxylic acid groups (broad SMARTS) is 1. The summed E-state index contributed by atoms with van der Waals surface area (Å²) in [5, 5.41) is 8.98. The number of likely N-dealkylation sites (tertiary alicyclic amines) is 1. The van der Waals surface area contributed by atoms with E-state index in [1.807, 2.05) is 24.8 Å². The molecule has 1 aliphatic rings. The Kier molecular flexibility index (Phi) is 8.13. The lowest BCUT2D eigenvalue weighted by Gasteiger charge is -2.37. The van der Waals surface area contributed by atoms with E-state index in [2.05, 4.69) is 0 Å². The van der Waals surface area contributed by atoms with Gasteiger partial charge in [0.05, 0.1) is 35.8 Å². The van der Waals surface area contributed by atoms with Gasteiger partial charge in [-0.3, -0.25) is 9.69 Å². The average Bonchev–Trinajstić information content (AvgIpc) is 2.76. The molecule has 5 nitrogen and oxygen atoms in total. The summed E-state index contributed by atoms with van der Waals surface area (Å²) in [5.41, 5.74) is 0.251. The van der Waals surface area contributed by atoms with Gasteiger partial charge in [0.1, 0.15) is 0 Å². The Balaban J connectivity index is 2.07. The molecule has 2 aromatic carbocycles. The summed E-state index contributed by atoms with van der Waals surface area (Å²) >= 11 is 5.86. The fourth-order valence-corrected chi connectivity index (χ4v) is 4.41. The van der Waals surface area contributed by atoms with Crippen molar-refractivity contribution >= 4 is 17.6 Å². The van der Waals surface area contributed by atoms with E-state index >= 15 is 0 Å². The Morgan fingerprint density at radius 1 is 1.06 bits per heavy atom. The molecule has 0 aromatic heterocycles.